The number of nitrogens with zero attached hydrogens (tertiary/aromatic N) is 3. The van der Waals surface area contributed by atoms with Crippen LogP contribution in [0.25, 0.3) is 5.57 Å². The highest BCUT2D eigenvalue weighted by molar-refractivity contribution is 5.79. The van der Waals surface area contributed by atoms with Crippen molar-refractivity contribution in [3.63, 3.8) is 0 Å². The van der Waals surface area contributed by atoms with Crippen LogP contribution >= 0.6 is 0 Å². The van der Waals surface area contributed by atoms with Crippen LogP contribution in [0.15, 0.2) is 54.5 Å². The van der Waals surface area contributed by atoms with Crippen LogP contribution < -0.4 is 0 Å². The quantitative estimate of drug-likeness (QED) is 0.666. The summed E-state index contributed by atoms with van der Waals surface area (Å²) in [6.07, 6.45) is 9.35. The average molecular weight is 209 g/mol. The maximum atomic E-state index is 9.22. The molecule has 0 N–H and O–H groups in total. The highest BCUT2D eigenvalue weighted by Crippen LogP contribution is 2.21. The van der Waals surface area contributed by atoms with E-state index in [0.717, 1.165) is 5.70 Å². The molecule has 0 fully saturated rings. The fourth-order valence-corrected chi connectivity index (χ4v) is 1.54. The van der Waals surface area contributed by atoms with Crippen molar-refractivity contribution in [3.8, 4) is 6.07 Å². The number of hydrogen-bond donors (Lipinski definition) is 0. The number of likely N-dealkylation sites (N-methyl/N-ethyl adjacent to an activating group) is 1. The summed E-state index contributed by atoms with van der Waals surface area (Å²) < 4.78 is 0. The van der Waals surface area contributed by atoms with Crippen molar-refractivity contribution in [2.24, 2.45) is 0 Å². The lowest BCUT2D eigenvalue weighted by Gasteiger charge is -2.19. The standard InChI is InChI=1S/C13H11N3/c1-16-9-5-3-7-13(16)11(10-14)12-6-2-4-8-15-12/h2-9H,1H3/b13-11-. The van der Waals surface area contributed by atoms with Crippen molar-refractivity contribution in [2.45, 2.75) is 0 Å². The van der Waals surface area contributed by atoms with Gasteiger partial charge in [0.2, 0.25) is 0 Å². The Morgan fingerprint density at radius 3 is 2.88 bits per heavy atom. The van der Waals surface area contributed by atoms with Gasteiger partial charge in [-0.15, -0.1) is 0 Å². The average Bonchev–Trinajstić information content (AvgIpc) is 2.34. The van der Waals surface area contributed by atoms with Crippen LogP contribution in [-0.4, -0.2) is 16.9 Å². The number of allylic oxidation sites excluding steroid dienone is 4. The number of aromatic nitrogens is 1. The number of rotatable bonds is 1. The van der Waals surface area contributed by atoms with Gasteiger partial charge in [0.1, 0.15) is 11.6 Å². The molecule has 0 spiro atoms. The lowest BCUT2D eigenvalue weighted by Crippen LogP contribution is -2.12. The second kappa shape index (κ2) is 4.45. The molecule has 0 amide bonds. The van der Waals surface area contributed by atoms with Crippen LogP contribution in [0.3, 0.4) is 0 Å². The van der Waals surface area contributed by atoms with E-state index in [1.807, 2.05) is 54.6 Å². The van der Waals surface area contributed by atoms with Crippen LogP contribution in [0.1, 0.15) is 5.69 Å². The SMILES string of the molecule is CN1C=CC=C/C1=C(\C#N)c1ccccn1. The first-order chi connectivity index (χ1) is 7.83. The summed E-state index contributed by atoms with van der Waals surface area (Å²) in [5.74, 6) is 0. The molecule has 2 heterocycles. The largest absolute Gasteiger partial charge is 0.350 e. The zero-order valence-corrected chi connectivity index (χ0v) is 8.96. The Hall–Kier alpha value is -2.34. The summed E-state index contributed by atoms with van der Waals surface area (Å²) in [7, 11) is 1.91. The summed E-state index contributed by atoms with van der Waals surface area (Å²) in [4.78, 5) is 6.10. The smallest absolute Gasteiger partial charge is 0.104 e. The molecular weight excluding hydrogens is 198 g/mol. The molecule has 0 radical (unpaired) electrons. The Bertz CT molecular complexity index is 504. The third-order valence-corrected chi connectivity index (χ3v) is 2.34. The van der Waals surface area contributed by atoms with E-state index >= 15 is 0 Å². The maximum Gasteiger partial charge on any atom is 0.104 e. The van der Waals surface area contributed by atoms with Gasteiger partial charge in [-0.3, -0.25) is 4.98 Å². The summed E-state index contributed by atoms with van der Waals surface area (Å²) in [6, 6.07) is 7.76. The number of hydrogen-bond acceptors (Lipinski definition) is 3. The molecule has 3 heteroatoms. The Morgan fingerprint density at radius 2 is 2.25 bits per heavy atom. The van der Waals surface area contributed by atoms with E-state index in [4.69, 9.17) is 0 Å². The number of nitriles is 1. The molecule has 0 saturated heterocycles. The maximum absolute atomic E-state index is 9.22. The van der Waals surface area contributed by atoms with Crippen molar-refractivity contribution < 1.29 is 0 Å². The van der Waals surface area contributed by atoms with Gasteiger partial charge in [0.05, 0.1) is 11.4 Å². The van der Waals surface area contributed by atoms with Crippen molar-refractivity contribution in [3.05, 3.63) is 60.2 Å². The Morgan fingerprint density at radius 1 is 1.38 bits per heavy atom. The summed E-state index contributed by atoms with van der Waals surface area (Å²) in [6.45, 7) is 0. The molecule has 0 bridgehead atoms. The molecule has 16 heavy (non-hydrogen) atoms. The molecule has 0 aliphatic carbocycles. The fraction of sp³-hybridized carbons (Fsp3) is 0.0769. The molecule has 2 rings (SSSR count). The van der Waals surface area contributed by atoms with E-state index in [9.17, 15) is 5.26 Å². The molecule has 1 aromatic heterocycles. The van der Waals surface area contributed by atoms with Gasteiger partial charge in [-0.1, -0.05) is 12.1 Å². The second-order valence-corrected chi connectivity index (χ2v) is 3.40. The summed E-state index contributed by atoms with van der Waals surface area (Å²) in [5, 5.41) is 9.22. The molecule has 0 saturated carbocycles. The zero-order valence-electron chi connectivity index (χ0n) is 8.96. The molecule has 1 aromatic rings. The Balaban J connectivity index is 2.52. The van der Waals surface area contributed by atoms with Crippen LogP contribution in [0.5, 0.6) is 0 Å². The molecule has 1 aliphatic rings. The molecular formula is C13H11N3. The predicted octanol–water partition coefficient (Wildman–Crippen LogP) is 2.33. The van der Waals surface area contributed by atoms with Gasteiger partial charge in [-0.2, -0.15) is 5.26 Å². The van der Waals surface area contributed by atoms with E-state index in [0.29, 0.717) is 11.3 Å². The minimum atomic E-state index is 0.587. The highest BCUT2D eigenvalue weighted by Gasteiger charge is 2.11. The molecule has 0 atom stereocenters. The van der Waals surface area contributed by atoms with Crippen molar-refractivity contribution in [1.82, 2.24) is 9.88 Å². The van der Waals surface area contributed by atoms with Gasteiger partial charge in [0, 0.05) is 19.4 Å². The van der Waals surface area contributed by atoms with E-state index < -0.39 is 0 Å². The third-order valence-electron chi connectivity index (χ3n) is 2.34. The topological polar surface area (TPSA) is 39.9 Å². The van der Waals surface area contributed by atoms with Gasteiger partial charge < -0.3 is 4.90 Å². The summed E-state index contributed by atoms with van der Waals surface area (Å²) >= 11 is 0. The normalized spacial score (nSPS) is 17.1. The van der Waals surface area contributed by atoms with Crippen LogP contribution in [0.2, 0.25) is 0 Å². The first-order valence-electron chi connectivity index (χ1n) is 4.96. The summed E-state index contributed by atoms with van der Waals surface area (Å²) in [5.41, 5.74) is 2.15. The Labute approximate surface area is 94.6 Å². The van der Waals surface area contributed by atoms with Gasteiger partial charge in [0.25, 0.3) is 0 Å². The van der Waals surface area contributed by atoms with Crippen LogP contribution in [-0.2, 0) is 0 Å². The van der Waals surface area contributed by atoms with Gasteiger partial charge in [0.15, 0.2) is 0 Å². The van der Waals surface area contributed by atoms with Gasteiger partial charge in [-0.05, 0) is 24.3 Å². The van der Waals surface area contributed by atoms with Gasteiger partial charge >= 0.3 is 0 Å². The molecule has 78 valence electrons. The van der Waals surface area contributed by atoms with Crippen molar-refractivity contribution >= 4 is 5.57 Å². The monoisotopic (exact) mass is 209 g/mol. The van der Waals surface area contributed by atoms with E-state index in [1.54, 1.807) is 6.20 Å². The van der Waals surface area contributed by atoms with E-state index in [2.05, 4.69) is 11.1 Å². The molecule has 0 unspecified atom stereocenters. The first kappa shape index (κ1) is 10.2. The van der Waals surface area contributed by atoms with Crippen molar-refractivity contribution in [1.29, 1.82) is 5.26 Å². The zero-order chi connectivity index (χ0) is 11.4. The minimum absolute atomic E-state index is 0.587. The van der Waals surface area contributed by atoms with Crippen molar-refractivity contribution in [2.75, 3.05) is 7.05 Å². The lowest BCUT2D eigenvalue weighted by molar-refractivity contribution is 0.587. The van der Waals surface area contributed by atoms with E-state index in [1.165, 1.54) is 0 Å². The van der Waals surface area contributed by atoms with Crippen LogP contribution in [0, 0.1) is 11.3 Å². The first-order valence-corrected chi connectivity index (χ1v) is 4.96. The third kappa shape index (κ3) is 1.86. The molecule has 0 aromatic carbocycles. The van der Waals surface area contributed by atoms with Crippen LogP contribution in [0.4, 0.5) is 0 Å². The molecule has 1 aliphatic heterocycles. The van der Waals surface area contributed by atoms with Gasteiger partial charge in [-0.25, -0.2) is 0 Å². The highest BCUT2D eigenvalue weighted by atomic mass is 15.1. The van der Waals surface area contributed by atoms with E-state index in [-0.39, 0.29) is 0 Å². The molecule has 3 nitrogen and oxygen atoms in total. The number of pyridine rings is 1. The Kier molecular flexibility index (Phi) is 2.84. The minimum Gasteiger partial charge on any atom is -0.350 e. The fourth-order valence-electron chi connectivity index (χ4n) is 1.54. The second-order valence-electron chi connectivity index (χ2n) is 3.40. The lowest BCUT2D eigenvalue weighted by atomic mass is 10.1. The predicted molar refractivity (Wildman–Crippen MR) is 62.8 cm³/mol.